The molecule has 0 unspecified atom stereocenters. The number of fused-ring (bicyclic) bond motifs is 1. The van der Waals surface area contributed by atoms with Crippen LogP contribution in [0.2, 0.25) is 0 Å². The normalized spacial score (nSPS) is 19.0. The molecule has 1 amide bonds. The molecule has 29 heavy (non-hydrogen) atoms. The van der Waals surface area contributed by atoms with Gasteiger partial charge in [-0.05, 0) is 35.9 Å². The first-order valence-corrected chi connectivity index (χ1v) is 9.18. The average Bonchev–Trinajstić information content (AvgIpc) is 3.34. The van der Waals surface area contributed by atoms with Gasteiger partial charge in [-0.2, -0.15) is 5.10 Å². The molecule has 1 saturated heterocycles. The minimum absolute atomic E-state index is 0.102. The summed E-state index contributed by atoms with van der Waals surface area (Å²) in [4.78, 5) is 21.2. The van der Waals surface area contributed by atoms with E-state index in [0.717, 1.165) is 11.0 Å². The molecule has 8 heteroatoms. The van der Waals surface area contributed by atoms with Crippen LogP contribution < -0.4 is 4.90 Å². The van der Waals surface area contributed by atoms with Gasteiger partial charge < -0.3 is 9.88 Å². The van der Waals surface area contributed by atoms with Crippen LogP contribution in [-0.4, -0.2) is 25.7 Å². The summed E-state index contributed by atoms with van der Waals surface area (Å²) in [5, 5.41) is 4.04. The van der Waals surface area contributed by atoms with Gasteiger partial charge >= 0.3 is 0 Å². The number of carbonyl (C=O) groups is 1. The molecule has 5 rings (SSSR count). The van der Waals surface area contributed by atoms with E-state index in [1.165, 1.54) is 17.0 Å². The number of amides is 1. The number of β-lactam (4-membered cyclic amide) rings is 1. The molecule has 3 heterocycles. The number of halogens is 2. The Balaban J connectivity index is 1.57. The summed E-state index contributed by atoms with van der Waals surface area (Å²) in [7, 11) is 1.74. The lowest BCUT2D eigenvalue weighted by atomic mass is 9.82. The van der Waals surface area contributed by atoms with E-state index in [0.29, 0.717) is 16.8 Å². The van der Waals surface area contributed by atoms with E-state index in [1.54, 1.807) is 55.6 Å². The maximum absolute atomic E-state index is 15.0. The average molecular weight is 393 g/mol. The van der Waals surface area contributed by atoms with Crippen molar-refractivity contribution in [2.45, 2.75) is 13.0 Å². The zero-order valence-electron chi connectivity index (χ0n) is 15.7. The number of imidazole rings is 1. The lowest BCUT2D eigenvalue weighted by Gasteiger charge is -2.46. The number of nitrogens with one attached hydrogen (secondary N) is 1. The minimum Gasteiger partial charge on any atom is -0.345 e. The van der Waals surface area contributed by atoms with E-state index >= 15 is 8.78 Å². The second-order valence-corrected chi connectivity index (χ2v) is 7.30. The number of benzene rings is 2. The standard InChI is InChI=1S/C21H17F2N5O/c1-11-20(28(21(11)29)14-3-4-17-18(7-14)25-10-24-17)19-15(22)5-12(6-16(19)23)13-8-26-27(2)9-13/h3-11,20H,1-2H3,(H,24,25)/t11-,20-/m0/s1. The van der Waals surface area contributed by atoms with Crippen LogP contribution >= 0.6 is 0 Å². The molecule has 0 aliphatic carbocycles. The van der Waals surface area contributed by atoms with Gasteiger partial charge in [-0.1, -0.05) is 6.92 Å². The molecular weight excluding hydrogens is 376 g/mol. The Morgan fingerprint density at radius 3 is 2.55 bits per heavy atom. The maximum atomic E-state index is 15.0. The molecule has 1 fully saturated rings. The van der Waals surface area contributed by atoms with E-state index < -0.39 is 23.6 Å². The van der Waals surface area contributed by atoms with Gasteiger partial charge in [-0.15, -0.1) is 0 Å². The number of H-pyrrole nitrogens is 1. The van der Waals surface area contributed by atoms with Crippen LogP contribution in [0.1, 0.15) is 18.5 Å². The molecule has 146 valence electrons. The Bertz CT molecular complexity index is 1240. The van der Waals surface area contributed by atoms with Gasteiger partial charge in [-0.3, -0.25) is 9.48 Å². The van der Waals surface area contributed by atoms with Crippen molar-refractivity contribution in [1.82, 2.24) is 19.7 Å². The second-order valence-electron chi connectivity index (χ2n) is 7.30. The fourth-order valence-electron chi connectivity index (χ4n) is 3.98. The zero-order chi connectivity index (χ0) is 20.3. The summed E-state index contributed by atoms with van der Waals surface area (Å²) in [6.07, 6.45) is 4.80. The van der Waals surface area contributed by atoms with Crippen molar-refractivity contribution in [3.63, 3.8) is 0 Å². The number of nitrogens with zero attached hydrogens (tertiary/aromatic N) is 4. The van der Waals surface area contributed by atoms with Crippen LogP contribution in [0.15, 0.2) is 49.1 Å². The van der Waals surface area contributed by atoms with Crippen LogP contribution in [-0.2, 0) is 11.8 Å². The molecule has 0 saturated carbocycles. The Morgan fingerprint density at radius 2 is 1.86 bits per heavy atom. The molecule has 1 aliphatic heterocycles. The highest BCUT2D eigenvalue weighted by molar-refractivity contribution is 6.04. The van der Waals surface area contributed by atoms with E-state index in [9.17, 15) is 4.79 Å². The van der Waals surface area contributed by atoms with Crippen molar-refractivity contribution >= 4 is 22.6 Å². The fraction of sp³-hybridized carbons (Fsp3) is 0.190. The molecular formula is C21H17F2N5O. The van der Waals surface area contributed by atoms with Gasteiger partial charge in [0.1, 0.15) is 11.6 Å². The van der Waals surface area contributed by atoms with Crippen LogP contribution in [0.25, 0.3) is 22.2 Å². The molecule has 6 nitrogen and oxygen atoms in total. The smallest absolute Gasteiger partial charge is 0.232 e. The van der Waals surface area contributed by atoms with Gasteiger partial charge in [0.2, 0.25) is 5.91 Å². The molecule has 0 radical (unpaired) electrons. The molecule has 0 spiro atoms. The number of aromatic amines is 1. The number of aromatic nitrogens is 4. The Kier molecular flexibility index (Phi) is 3.77. The SMILES string of the molecule is C[C@@H]1C(=O)N(c2ccc3nc[nH]c3c2)[C@@H]1c1c(F)cc(-c2cnn(C)c2)cc1F. The Morgan fingerprint density at radius 1 is 1.10 bits per heavy atom. The fourth-order valence-corrected chi connectivity index (χ4v) is 3.98. The highest BCUT2D eigenvalue weighted by Crippen LogP contribution is 2.45. The molecule has 1 aliphatic rings. The Hall–Kier alpha value is -3.55. The monoisotopic (exact) mass is 393 g/mol. The van der Waals surface area contributed by atoms with Crippen LogP contribution in [0, 0.1) is 17.6 Å². The van der Waals surface area contributed by atoms with Crippen LogP contribution in [0.5, 0.6) is 0 Å². The summed E-state index contributed by atoms with van der Waals surface area (Å²) in [5.74, 6) is -2.06. The summed E-state index contributed by atoms with van der Waals surface area (Å²) in [6, 6.07) is 7.14. The van der Waals surface area contributed by atoms with Gasteiger partial charge in [0.05, 0.1) is 35.5 Å². The van der Waals surface area contributed by atoms with Crippen molar-refractivity contribution in [2.24, 2.45) is 13.0 Å². The van der Waals surface area contributed by atoms with Crippen molar-refractivity contribution in [3.8, 4) is 11.1 Å². The van der Waals surface area contributed by atoms with Crippen molar-refractivity contribution in [1.29, 1.82) is 0 Å². The van der Waals surface area contributed by atoms with E-state index in [2.05, 4.69) is 15.1 Å². The maximum Gasteiger partial charge on any atom is 0.232 e. The quantitative estimate of drug-likeness (QED) is 0.536. The first kappa shape index (κ1) is 17.5. The third kappa shape index (κ3) is 2.63. The summed E-state index contributed by atoms with van der Waals surface area (Å²) in [5.41, 5.74) is 3.00. The number of anilines is 1. The number of carbonyl (C=O) groups excluding carboxylic acids is 1. The predicted molar refractivity (Wildman–Crippen MR) is 104 cm³/mol. The molecule has 2 aromatic carbocycles. The Labute approximate surface area is 164 Å². The van der Waals surface area contributed by atoms with Gasteiger partial charge in [0, 0.05) is 30.1 Å². The molecule has 0 bridgehead atoms. The van der Waals surface area contributed by atoms with Crippen molar-refractivity contribution in [3.05, 3.63) is 66.3 Å². The summed E-state index contributed by atoms with van der Waals surface area (Å²) >= 11 is 0. The van der Waals surface area contributed by atoms with Crippen LogP contribution in [0.4, 0.5) is 14.5 Å². The largest absolute Gasteiger partial charge is 0.345 e. The second kappa shape index (κ2) is 6.23. The summed E-state index contributed by atoms with van der Waals surface area (Å²) in [6.45, 7) is 1.69. The lowest BCUT2D eigenvalue weighted by molar-refractivity contribution is -0.129. The third-order valence-corrected chi connectivity index (χ3v) is 5.47. The van der Waals surface area contributed by atoms with E-state index in [1.807, 2.05) is 0 Å². The number of hydrogen-bond acceptors (Lipinski definition) is 3. The van der Waals surface area contributed by atoms with Crippen molar-refractivity contribution in [2.75, 3.05) is 4.90 Å². The van der Waals surface area contributed by atoms with E-state index in [4.69, 9.17) is 0 Å². The van der Waals surface area contributed by atoms with Gasteiger partial charge in [0.25, 0.3) is 0 Å². The zero-order valence-corrected chi connectivity index (χ0v) is 15.7. The van der Waals surface area contributed by atoms with Crippen molar-refractivity contribution < 1.29 is 13.6 Å². The predicted octanol–water partition coefficient (Wildman–Crippen LogP) is 3.97. The number of aryl methyl sites for hydroxylation is 1. The first-order valence-electron chi connectivity index (χ1n) is 9.18. The molecule has 4 aromatic rings. The molecule has 2 atom stereocenters. The number of hydrogen-bond donors (Lipinski definition) is 1. The topological polar surface area (TPSA) is 66.8 Å². The molecule has 1 N–H and O–H groups in total. The lowest BCUT2D eigenvalue weighted by Crippen LogP contribution is -2.54. The first-order chi connectivity index (χ1) is 13.9. The summed E-state index contributed by atoms with van der Waals surface area (Å²) < 4.78 is 31.7. The van der Waals surface area contributed by atoms with Crippen LogP contribution in [0.3, 0.4) is 0 Å². The highest BCUT2D eigenvalue weighted by Gasteiger charge is 2.48. The van der Waals surface area contributed by atoms with Gasteiger partial charge in [0.15, 0.2) is 0 Å². The minimum atomic E-state index is -0.717. The van der Waals surface area contributed by atoms with E-state index in [-0.39, 0.29) is 11.5 Å². The molecule has 2 aromatic heterocycles. The third-order valence-electron chi connectivity index (χ3n) is 5.47. The number of rotatable bonds is 3. The van der Waals surface area contributed by atoms with Gasteiger partial charge in [-0.25, -0.2) is 13.8 Å². The highest BCUT2D eigenvalue weighted by atomic mass is 19.1.